The fourth-order valence-corrected chi connectivity index (χ4v) is 2.99. The first kappa shape index (κ1) is 19.0. The number of nitrogens with zero attached hydrogens (tertiary/aromatic N) is 1. The van der Waals surface area contributed by atoms with Crippen LogP contribution in [-0.4, -0.2) is 68.7 Å². The second-order valence-corrected chi connectivity index (χ2v) is 6.18. The first-order valence-electron chi connectivity index (χ1n) is 8.16. The lowest BCUT2D eigenvalue weighted by Gasteiger charge is -2.41. The van der Waals surface area contributed by atoms with Crippen molar-refractivity contribution in [1.82, 2.24) is 15.5 Å². The molecular weight excluding hydrogens is 360 g/mol. The predicted octanol–water partition coefficient (Wildman–Crippen LogP) is -2.17. The molecule has 1 amide bonds. The molecule has 0 radical (unpaired) electrons. The number of nitrogen functional groups attached to an aromatic ring is 1. The Hall–Kier alpha value is -2.73. The van der Waals surface area contributed by atoms with Crippen molar-refractivity contribution in [2.24, 2.45) is 0 Å². The summed E-state index contributed by atoms with van der Waals surface area (Å²) < 4.78 is 11.2. The molecule has 27 heavy (non-hydrogen) atoms. The van der Waals surface area contributed by atoms with E-state index in [0.717, 1.165) is 0 Å². The number of aliphatic hydroxyl groups is 3. The highest BCUT2D eigenvalue weighted by molar-refractivity contribution is 5.94. The van der Waals surface area contributed by atoms with Gasteiger partial charge in [0.15, 0.2) is 0 Å². The van der Waals surface area contributed by atoms with Crippen molar-refractivity contribution in [3.05, 3.63) is 28.6 Å². The van der Waals surface area contributed by atoms with Gasteiger partial charge in [0.05, 0.1) is 17.4 Å². The number of aromatic nitrogens is 2. The summed E-state index contributed by atoms with van der Waals surface area (Å²) in [6, 6.07) is 3.56. The molecule has 11 heteroatoms. The van der Waals surface area contributed by atoms with E-state index in [1.54, 1.807) is 18.2 Å². The van der Waals surface area contributed by atoms with Crippen LogP contribution in [0.4, 0.5) is 5.69 Å². The standard InChI is InChI=1S/C16H20N4O7/c1-6(22)18-11-13(24)12(23)9(5-21)26-16(11)27-15-7-3-2-4-8(17)10(7)14(25)19-20-15/h2-4,9,11-13,16,21,23-24H,5,17H2,1H3,(H,18,22)(H,19,25)/t9-,11-,12+,13+,16-/m0/s1. The van der Waals surface area contributed by atoms with E-state index in [0.29, 0.717) is 5.39 Å². The number of anilines is 1. The third-order valence-electron chi connectivity index (χ3n) is 4.29. The fraction of sp³-hybridized carbons (Fsp3) is 0.438. The highest BCUT2D eigenvalue weighted by atomic mass is 16.7. The Morgan fingerprint density at radius 1 is 1.41 bits per heavy atom. The number of hydrogen-bond donors (Lipinski definition) is 6. The Morgan fingerprint density at radius 2 is 2.15 bits per heavy atom. The zero-order valence-corrected chi connectivity index (χ0v) is 14.3. The average Bonchev–Trinajstić information content (AvgIpc) is 2.63. The van der Waals surface area contributed by atoms with Crippen molar-refractivity contribution < 1.29 is 29.6 Å². The number of fused-ring (bicyclic) bond motifs is 1. The molecule has 0 unspecified atom stereocenters. The van der Waals surface area contributed by atoms with Crippen LogP contribution in [0.5, 0.6) is 5.88 Å². The van der Waals surface area contributed by atoms with E-state index >= 15 is 0 Å². The molecule has 0 spiro atoms. The Morgan fingerprint density at radius 3 is 2.81 bits per heavy atom. The number of H-pyrrole nitrogens is 1. The average molecular weight is 380 g/mol. The van der Waals surface area contributed by atoms with Gasteiger partial charge in [-0.05, 0) is 12.1 Å². The maximum atomic E-state index is 12.0. The van der Waals surface area contributed by atoms with Gasteiger partial charge in [0.2, 0.25) is 18.1 Å². The summed E-state index contributed by atoms with van der Waals surface area (Å²) in [5, 5.41) is 38.7. The van der Waals surface area contributed by atoms with Gasteiger partial charge in [-0.15, -0.1) is 5.10 Å². The van der Waals surface area contributed by atoms with Gasteiger partial charge in [0.25, 0.3) is 5.56 Å². The van der Waals surface area contributed by atoms with Crippen LogP contribution in [0.25, 0.3) is 10.8 Å². The number of aliphatic hydroxyl groups excluding tert-OH is 3. The van der Waals surface area contributed by atoms with Gasteiger partial charge in [-0.2, -0.15) is 0 Å². The van der Waals surface area contributed by atoms with Crippen molar-refractivity contribution in [2.45, 2.75) is 37.6 Å². The number of aromatic amines is 1. The molecule has 0 saturated carbocycles. The lowest BCUT2D eigenvalue weighted by molar-refractivity contribution is -0.245. The normalized spacial score (nSPS) is 28.1. The van der Waals surface area contributed by atoms with E-state index in [-0.39, 0.29) is 17.0 Å². The number of carbonyl (C=O) groups excluding carboxylic acids is 1. The number of benzene rings is 1. The SMILES string of the molecule is CC(=O)N[C@@H]1[C@H](Oc2n[nH]c(=O)c3c(N)cccc23)O[C@@H](CO)[C@@H](O)[C@@H]1O. The fourth-order valence-electron chi connectivity index (χ4n) is 2.99. The van der Waals surface area contributed by atoms with Crippen molar-refractivity contribution >= 4 is 22.4 Å². The van der Waals surface area contributed by atoms with Gasteiger partial charge in [-0.25, -0.2) is 5.10 Å². The van der Waals surface area contributed by atoms with E-state index in [1.165, 1.54) is 6.92 Å². The number of rotatable bonds is 4. The zero-order valence-electron chi connectivity index (χ0n) is 14.3. The van der Waals surface area contributed by atoms with Gasteiger partial charge in [0.1, 0.15) is 24.4 Å². The Kier molecular flexibility index (Phi) is 5.28. The summed E-state index contributed by atoms with van der Waals surface area (Å²) in [6.45, 7) is 0.639. The van der Waals surface area contributed by atoms with Crippen LogP contribution in [0.15, 0.2) is 23.0 Å². The minimum absolute atomic E-state index is 0.0578. The summed E-state index contributed by atoms with van der Waals surface area (Å²) >= 11 is 0. The first-order chi connectivity index (χ1) is 12.8. The van der Waals surface area contributed by atoms with Crippen LogP contribution in [0, 0.1) is 0 Å². The van der Waals surface area contributed by atoms with Crippen LogP contribution in [-0.2, 0) is 9.53 Å². The molecule has 7 N–H and O–H groups in total. The Bertz CT molecular complexity index is 902. The second-order valence-electron chi connectivity index (χ2n) is 6.18. The monoisotopic (exact) mass is 380 g/mol. The number of nitrogens with one attached hydrogen (secondary N) is 2. The maximum Gasteiger partial charge on any atom is 0.274 e. The first-order valence-corrected chi connectivity index (χ1v) is 8.16. The molecule has 2 heterocycles. The summed E-state index contributed by atoms with van der Waals surface area (Å²) in [5.41, 5.74) is 5.54. The molecule has 2 aromatic rings. The number of nitrogens with two attached hydrogens (primary N) is 1. The minimum atomic E-state index is -1.47. The van der Waals surface area contributed by atoms with E-state index in [9.17, 15) is 24.9 Å². The molecule has 0 aliphatic carbocycles. The maximum absolute atomic E-state index is 12.0. The van der Waals surface area contributed by atoms with Crippen molar-refractivity contribution in [2.75, 3.05) is 12.3 Å². The third-order valence-corrected chi connectivity index (χ3v) is 4.29. The van der Waals surface area contributed by atoms with Gasteiger partial charge in [-0.1, -0.05) is 6.07 Å². The van der Waals surface area contributed by atoms with Gasteiger partial charge >= 0.3 is 0 Å². The number of carbonyl (C=O) groups is 1. The van der Waals surface area contributed by atoms with Gasteiger partial charge < -0.3 is 35.8 Å². The molecule has 1 fully saturated rings. The van der Waals surface area contributed by atoms with Crippen LogP contribution in [0.1, 0.15) is 6.92 Å². The predicted molar refractivity (Wildman–Crippen MR) is 92.8 cm³/mol. The summed E-state index contributed by atoms with van der Waals surface area (Å²) in [6.07, 6.45) is -5.35. The topological polar surface area (TPSA) is 180 Å². The highest BCUT2D eigenvalue weighted by Crippen LogP contribution is 2.28. The summed E-state index contributed by atoms with van der Waals surface area (Å²) in [5.74, 6) is -0.549. The van der Waals surface area contributed by atoms with Crippen molar-refractivity contribution in [3.63, 3.8) is 0 Å². The minimum Gasteiger partial charge on any atom is -0.444 e. The molecule has 1 saturated heterocycles. The molecule has 146 valence electrons. The highest BCUT2D eigenvalue weighted by Gasteiger charge is 2.46. The van der Waals surface area contributed by atoms with Crippen LogP contribution in [0.2, 0.25) is 0 Å². The lowest BCUT2D eigenvalue weighted by Crippen LogP contribution is -2.65. The van der Waals surface area contributed by atoms with E-state index in [2.05, 4.69) is 15.5 Å². The molecule has 0 bridgehead atoms. The number of hydrogen-bond acceptors (Lipinski definition) is 9. The molecular formula is C16H20N4O7. The Labute approximate surface area is 152 Å². The van der Waals surface area contributed by atoms with Crippen LogP contribution >= 0.6 is 0 Å². The van der Waals surface area contributed by atoms with Crippen LogP contribution in [0.3, 0.4) is 0 Å². The van der Waals surface area contributed by atoms with Crippen molar-refractivity contribution in [3.8, 4) is 5.88 Å². The van der Waals surface area contributed by atoms with Gasteiger partial charge in [-0.3, -0.25) is 9.59 Å². The lowest BCUT2D eigenvalue weighted by atomic mass is 9.97. The largest absolute Gasteiger partial charge is 0.444 e. The molecule has 1 aliphatic heterocycles. The molecule has 5 atom stereocenters. The van der Waals surface area contributed by atoms with Crippen LogP contribution < -0.4 is 21.3 Å². The zero-order chi connectivity index (χ0) is 19.7. The van der Waals surface area contributed by atoms with E-state index in [1.807, 2.05) is 0 Å². The van der Waals surface area contributed by atoms with E-state index in [4.69, 9.17) is 15.2 Å². The molecule has 11 nitrogen and oxygen atoms in total. The molecule has 3 rings (SSSR count). The molecule has 1 aliphatic rings. The number of ether oxygens (including phenoxy) is 2. The number of amides is 1. The van der Waals surface area contributed by atoms with E-state index < -0.39 is 48.7 Å². The molecule has 1 aromatic carbocycles. The quantitative estimate of drug-likeness (QED) is 0.322. The molecule has 1 aromatic heterocycles. The third kappa shape index (κ3) is 3.57. The summed E-state index contributed by atoms with van der Waals surface area (Å²) in [4.78, 5) is 23.5. The Balaban J connectivity index is 2.00. The van der Waals surface area contributed by atoms with Crippen molar-refractivity contribution in [1.29, 1.82) is 0 Å². The second kappa shape index (κ2) is 7.48. The van der Waals surface area contributed by atoms with Gasteiger partial charge in [0, 0.05) is 12.6 Å². The summed E-state index contributed by atoms with van der Waals surface area (Å²) in [7, 11) is 0. The smallest absolute Gasteiger partial charge is 0.274 e.